The maximum atomic E-state index is 12.9. The van der Waals surface area contributed by atoms with E-state index < -0.39 is 0 Å². The first-order valence-electron chi connectivity index (χ1n) is 9.99. The summed E-state index contributed by atoms with van der Waals surface area (Å²) in [6.45, 7) is 2.08. The fourth-order valence-electron chi connectivity index (χ4n) is 3.95. The Morgan fingerprint density at radius 3 is 2.69 bits per heavy atom. The predicted molar refractivity (Wildman–Crippen MR) is 123 cm³/mol. The molecule has 2 heterocycles. The molecule has 0 saturated carbocycles. The van der Waals surface area contributed by atoms with E-state index >= 15 is 0 Å². The number of nitrogens with one attached hydrogen (secondary N) is 1. The number of hydrogen-bond donors (Lipinski definition) is 1. The lowest BCUT2D eigenvalue weighted by molar-refractivity contribution is 0.686. The largest absolute Gasteiger partial charge is 0.301 e. The number of nitrogens with zero attached hydrogens (tertiary/aromatic N) is 1. The zero-order chi connectivity index (χ0) is 19.8. The second-order valence-electron chi connectivity index (χ2n) is 7.67. The Bertz CT molecular complexity index is 1240. The average Bonchev–Trinajstić information content (AvgIpc) is 3.18. The van der Waals surface area contributed by atoms with E-state index in [1.165, 1.54) is 41.5 Å². The molecule has 0 spiro atoms. The second kappa shape index (κ2) is 7.81. The van der Waals surface area contributed by atoms with Gasteiger partial charge in [-0.05, 0) is 54.9 Å². The Balaban J connectivity index is 1.45. The van der Waals surface area contributed by atoms with Crippen LogP contribution >= 0.6 is 23.1 Å². The van der Waals surface area contributed by atoms with Crippen molar-refractivity contribution in [1.82, 2.24) is 9.97 Å². The number of aromatic amines is 1. The van der Waals surface area contributed by atoms with Gasteiger partial charge in [-0.1, -0.05) is 59.8 Å². The van der Waals surface area contributed by atoms with Gasteiger partial charge in [-0.25, -0.2) is 4.98 Å². The summed E-state index contributed by atoms with van der Waals surface area (Å²) in [6.07, 6.45) is 4.84. The van der Waals surface area contributed by atoms with E-state index in [2.05, 4.69) is 59.8 Å². The lowest BCUT2D eigenvalue weighted by Crippen LogP contribution is -2.09. The van der Waals surface area contributed by atoms with Crippen LogP contribution in [0.15, 0.2) is 57.8 Å². The number of rotatable bonds is 4. The highest BCUT2D eigenvalue weighted by atomic mass is 32.2. The van der Waals surface area contributed by atoms with E-state index in [1.807, 2.05) is 0 Å². The molecule has 0 unspecified atom stereocenters. The van der Waals surface area contributed by atoms with Crippen LogP contribution in [0.5, 0.6) is 0 Å². The summed E-state index contributed by atoms with van der Waals surface area (Å²) in [5, 5.41) is 3.47. The maximum Gasteiger partial charge on any atom is 0.260 e. The lowest BCUT2D eigenvalue weighted by atomic mass is 9.89. The summed E-state index contributed by atoms with van der Waals surface area (Å²) >= 11 is 3.13. The molecule has 0 radical (unpaired) electrons. The number of benzene rings is 2. The normalized spacial score (nSPS) is 13.6. The van der Waals surface area contributed by atoms with Crippen molar-refractivity contribution in [3.8, 4) is 11.1 Å². The van der Waals surface area contributed by atoms with Gasteiger partial charge in [0.1, 0.15) is 4.83 Å². The summed E-state index contributed by atoms with van der Waals surface area (Å²) in [5.41, 5.74) is 7.45. The quantitative estimate of drug-likeness (QED) is 0.320. The molecule has 2 aromatic carbocycles. The minimum absolute atomic E-state index is 0.0459. The predicted octanol–water partition coefficient (Wildman–Crippen LogP) is 6.13. The zero-order valence-corrected chi connectivity index (χ0v) is 18.0. The standard InChI is InChI=1S/C24H22N2OS2/c1-15-6-8-16(9-7-15)13-29-24-25-22(27)21-20(14-28-23(21)26-24)19-11-10-17-4-2-3-5-18(17)12-19/h6-12,14H,2-5,13H2,1H3,(H,25,26,27). The fourth-order valence-corrected chi connectivity index (χ4v) is 5.77. The number of thiophene rings is 1. The molecule has 1 N–H and O–H groups in total. The summed E-state index contributed by atoms with van der Waals surface area (Å²) in [4.78, 5) is 21.4. The van der Waals surface area contributed by atoms with E-state index in [1.54, 1.807) is 23.1 Å². The first-order chi connectivity index (χ1) is 14.2. The third-order valence-electron chi connectivity index (χ3n) is 5.58. The van der Waals surface area contributed by atoms with Gasteiger partial charge in [0.15, 0.2) is 5.16 Å². The van der Waals surface area contributed by atoms with Gasteiger partial charge in [0, 0.05) is 16.7 Å². The Morgan fingerprint density at radius 1 is 1.07 bits per heavy atom. The molecule has 1 aliphatic carbocycles. The first kappa shape index (κ1) is 18.6. The summed E-state index contributed by atoms with van der Waals surface area (Å²) < 4.78 is 0. The van der Waals surface area contributed by atoms with Crippen LogP contribution in [0.1, 0.15) is 35.1 Å². The van der Waals surface area contributed by atoms with E-state index in [4.69, 9.17) is 4.98 Å². The van der Waals surface area contributed by atoms with E-state index in [0.29, 0.717) is 10.5 Å². The highest BCUT2D eigenvalue weighted by Crippen LogP contribution is 2.34. The van der Waals surface area contributed by atoms with Gasteiger partial charge in [-0.15, -0.1) is 11.3 Å². The summed E-state index contributed by atoms with van der Waals surface area (Å²) in [7, 11) is 0. The number of fused-ring (bicyclic) bond motifs is 2. The lowest BCUT2D eigenvalue weighted by Gasteiger charge is -2.16. The van der Waals surface area contributed by atoms with Crippen LogP contribution < -0.4 is 5.56 Å². The molecule has 0 aliphatic heterocycles. The molecule has 1 aliphatic rings. The van der Waals surface area contributed by atoms with Crippen molar-refractivity contribution in [2.45, 2.75) is 43.5 Å². The van der Waals surface area contributed by atoms with Gasteiger partial charge >= 0.3 is 0 Å². The van der Waals surface area contributed by atoms with Crippen LogP contribution in [-0.2, 0) is 18.6 Å². The zero-order valence-electron chi connectivity index (χ0n) is 16.3. The Morgan fingerprint density at radius 2 is 1.86 bits per heavy atom. The third kappa shape index (κ3) is 3.77. The van der Waals surface area contributed by atoms with E-state index in [9.17, 15) is 4.79 Å². The van der Waals surface area contributed by atoms with Gasteiger partial charge < -0.3 is 4.98 Å². The molecule has 0 amide bonds. The molecule has 3 nitrogen and oxygen atoms in total. The monoisotopic (exact) mass is 418 g/mol. The molecule has 4 aromatic rings. The number of thioether (sulfide) groups is 1. The highest BCUT2D eigenvalue weighted by molar-refractivity contribution is 7.98. The van der Waals surface area contributed by atoms with E-state index in [-0.39, 0.29) is 5.56 Å². The van der Waals surface area contributed by atoms with Gasteiger partial charge in [0.25, 0.3) is 5.56 Å². The molecular weight excluding hydrogens is 396 g/mol. The number of aryl methyl sites for hydroxylation is 3. The molecule has 0 saturated heterocycles. The van der Waals surface area contributed by atoms with Crippen molar-refractivity contribution < 1.29 is 0 Å². The number of hydrogen-bond acceptors (Lipinski definition) is 4. The van der Waals surface area contributed by atoms with Crippen molar-refractivity contribution in [1.29, 1.82) is 0 Å². The molecule has 29 heavy (non-hydrogen) atoms. The second-order valence-corrected chi connectivity index (χ2v) is 9.49. The Kier molecular flexibility index (Phi) is 5.02. The van der Waals surface area contributed by atoms with Crippen LogP contribution in [0.4, 0.5) is 0 Å². The SMILES string of the molecule is Cc1ccc(CSc2nc3scc(-c4ccc5c(c4)CCCC5)c3c(=O)[nH]2)cc1. The van der Waals surface area contributed by atoms with Crippen molar-refractivity contribution in [2.75, 3.05) is 0 Å². The van der Waals surface area contributed by atoms with Crippen LogP contribution in [0.3, 0.4) is 0 Å². The minimum atomic E-state index is -0.0459. The van der Waals surface area contributed by atoms with Crippen molar-refractivity contribution >= 4 is 33.3 Å². The topological polar surface area (TPSA) is 45.8 Å². The smallest absolute Gasteiger partial charge is 0.260 e. The number of aromatic nitrogens is 2. The third-order valence-corrected chi connectivity index (χ3v) is 7.39. The fraction of sp³-hybridized carbons (Fsp3) is 0.250. The van der Waals surface area contributed by atoms with Gasteiger partial charge in [0.05, 0.1) is 5.39 Å². The van der Waals surface area contributed by atoms with Gasteiger partial charge in [-0.2, -0.15) is 0 Å². The minimum Gasteiger partial charge on any atom is -0.301 e. The van der Waals surface area contributed by atoms with Crippen LogP contribution in [0.2, 0.25) is 0 Å². The van der Waals surface area contributed by atoms with E-state index in [0.717, 1.165) is 28.1 Å². The van der Waals surface area contributed by atoms with Crippen LogP contribution in [-0.4, -0.2) is 9.97 Å². The highest BCUT2D eigenvalue weighted by Gasteiger charge is 2.16. The van der Waals surface area contributed by atoms with Crippen molar-refractivity contribution in [3.63, 3.8) is 0 Å². The molecule has 0 fully saturated rings. The van der Waals surface area contributed by atoms with Crippen LogP contribution in [0.25, 0.3) is 21.3 Å². The first-order valence-corrected chi connectivity index (χ1v) is 11.9. The molecule has 5 rings (SSSR count). The molecule has 0 bridgehead atoms. The average molecular weight is 419 g/mol. The Labute approximate surface area is 178 Å². The summed E-state index contributed by atoms with van der Waals surface area (Å²) in [5.74, 6) is 0.789. The van der Waals surface area contributed by atoms with Gasteiger partial charge in [-0.3, -0.25) is 4.79 Å². The molecular formula is C24H22N2OS2. The maximum absolute atomic E-state index is 12.9. The molecule has 2 aromatic heterocycles. The van der Waals surface area contributed by atoms with Crippen molar-refractivity contribution in [2.24, 2.45) is 0 Å². The van der Waals surface area contributed by atoms with Crippen molar-refractivity contribution in [3.05, 3.63) is 80.5 Å². The van der Waals surface area contributed by atoms with Gasteiger partial charge in [0.2, 0.25) is 0 Å². The Hall–Kier alpha value is -2.37. The summed E-state index contributed by atoms with van der Waals surface area (Å²) in [6, 6.07) is 15.1. The molecule has 5 heteroatoms. The molecule has 146 valence electrons. The number of H-pyrrole nitrogens is 1. The molecule has 0 atom stereocenters. The van der Waals surface area contributed by atoms with Crippen LogP contribution in [0, 0.1) is 6.92 Å².